The highest BCUT2D eigenvalue weighted by atomic mass is 19.1. The van der Waals surface area contributed by atoms with Gasteiger partial charge in [-0.3, -0.25) is 9.59 Å². The van der Waals surface area contributed by atoms with Crippen LogP contribution in [0.3, 0.4) is 0 Å². The van der Waals surface area contributed by atoms with Crippen LogP contribution in [0, 0.1) is 5.82 Å². The van der Waals surface area contributed by atoms with E-state index in [1.807, 2.05) is 0 Å². The Bertz CT molecular complexity index is 622. The molecule has 1 aliphatic carbocycles. The molecule has 5 heteroatoms. The molecule has 0 spiro atoms. The first-order valence-electron chi connectivity index (χ1n) is 7.67. The molecule has 3 rings (SSSR count). The number of hydrogen-bond acceptors (Lipinski definition) is 2. The maximum atomic E-state index is 12.8. The highest BCUT2D eigenvalue weighted by Crippen LogP contribution is 2.32. The Morgan fingerprint density at radius 2 is 2.05 bits per heavy atom. The molecule has 1 aliphatic heterocycles. The van der Waals surface area contributed by atoms with Gasteiger partial charge in [0.2, 0.25) is 11.8 Å². The first kappa shape index (κ1) is 14.8. The maximum Gasteiger partial charge on any atom is 0.248 e. The lowest BCUT2D eigenvalue weighted by Gasteiger charge is -2.20. The second kappa shape index (κ2) is 6.30. The predicted octanol–water partition coefficient (Wildman–Crippen LogP) is 2.20. The predicted molar refractivity (Wildman–Crippen MR) is 80.3 cm³/mol. The molecule has 1 heterocycles. The van der Waals surface area contributed by atoms with Gasteiger partial charge < -0.3 is 10.6 Å². The van der Waals surface area contributed by atoms with E-state index in [2.05, 4.69) is 10.6 Å². The molecule has 1 aromatic rings. The molecule has 1 aromatic carbocycles. The number of carbonyl (C=O) groups is 2. The zero-order valence-electron chi connectivity index (χ0n) is 12.3. The first-order valence-corrected chi connectivity index (χ1v) is 7.67. The molecule has 1 unspecified atom stereocenters. The van der Waals surface area contributed by atoms with Crippen molar-refractivity contribution in [3.63, 3.8) is 0 Å². The summed E-state index contributed by atoms with van der Waals surface area (Å²) in [6.07, 6.45) is 4.21. The van der Waals surface area contributed by atoms with Crippen LogP contribution >= 0.6 is 0 Å². The Labute approximate surface area is 128 Å². The van der Waals surface area contributed by atoms with Crippen molar-refractivity contribution in [3.8, 4) is 0 Å². The average molecular weight is 302 g/mol. The summed E-state index contributed by atoms with van der Waals surface area (Å²) in [5, 5.41) is 5.74. The van der Waals surface area contributed by atoms with Crippen molar-refractivity contribution in [2.45, 2.75) is 44.7 Å². The summed E-state index contributed by atoms with van der Waals surface area (Å²) in [5.74, 6) is -0.569. The van der Waals surface area contributed by atoms with Gasteiger partial charge in [-0.05, 0) is 42.5 Å². The van der Waals surface area contributed by atoms with Crippen LogP contribution in [0.1, 0.15) is 37.7 Å². The van der Waals surface area contributed by atoms with Crippen molar-refractivity contribution in [3.05, 3.63) is 46.8 Å². The molecule has 116 valence electrons. The number of hydrogen-bond donors (Lipinski definition) is 2. The van der Waals surface area contributed by atoms with Crippen LogP contribution in [0.5, 0.6) is 0 Å². The summed E-state index contributed by atoms with van der Waals surface area (Å²) in [6.45, 7) is 0.340. The second-order valence-electron chi connectivity index (χ2n) is 5.86. The van der Waals surface area contributed by atoms with Gasteiger partial charge in [-0.2, -0.15) is 0 Å². The van der Waals surface area contributed by atoms with E-state index in [9.17, 15) is 14.0 Å². The monoisotopic (exact) mass is 302 g/mol. The Kier molecular flexibility index (Phi) is 4.22. The fourth-order valence-electron chi connectivity index (χ4n) is 3.14. The van der Waals surface area contributed by atoms with Crippen LogP contribution in [-0.2, 0) is 16.1 Å². The third kappa shape index (κ3) is 3.18. The second-order valence-corrected chi connectivity index (χ2v) is 5.86. The van der Waals surface area contributed by atoms with Crippen LogP contribution in [0.25, 0.3) is 0 Å². The van der Waals surface area contributed by atoms with Gasteiger partial charge in [-0.25, -0.2) is 4.39 Å². The zero-order valence-corrected chi connectivity index (χ0v) is 12.3. The van der Waals surface area contributed by atoms with Gasteiger partial charge in [0.25, 0.3) is 0 Å². The lowest BCUT2D eigenvalue weighted by atomic mass is 9.88. The van der Waals surface area contributed by atoms with Crippen molar-refractivity contribution in [1.82, 2.24) is 10.6 Å². The molecule has 2 aliphatic rings. The maximum absolute atomic E-state index is 12.8. The summed E-state index contributed by atoms with van der Waals surface area (Å²) >= 11 is 0. The molecule has 22 heavy (non-hydrogen) atoms. The molecule has 1 fully saturated rings. The van der Waals surface area contributed by atoms with E-state index in [4.69, 9.17) is 0 Å². The van der Waals surface area contributed by atoms with E-state index in [0.29, 0.717) is 12.1 Å². The number of halogens is 1. The van der Waals surface area contributed by atoms with Gasteiger partial charge in [-0.1, -0.05) is 18.6 Å². The van der Waals surface area contributed by atoms with Crippen LogP contribution in [0.2, 0.25) is 0 Å². The van der Waals surface area contributed by atoms with Gasteiger partial charge in [0.15, 0.2) is 0 Å². The van der Waals surface area contributed by atoms with Crippen LogP contribution < -0.4 is 10.6 Å². The lowest BCUT2D eigenvalue weighted by molar-refractivity contribution is -0.123. The largest absolute Gasteiger partial charge is 0.352 e. The molecule has 0 bridgehead atoms. The molecule has 1 atom stereocenters. The highest BCUT2D eigenvalue weighted by molar-refractivity contribution is 6.02. The SMILES string of the molecule is O=C(CC1=C2CCCCC2NC1=O)NCc1ccc(F)cc1. The Balaban J connectivity index is 1.59. The third-order valence-electron chi connectivity index (χ3n) is 4.32. The summed E-state index contributed by atoms with van der Waals surface area (Å²) < 4.78 is 12.8. The fourth-order valence-corrected chi connectivity index (χ4v) is 3.14. The number of fused-ring (bicyclic) bond motifs is 1. The van der Waals surface area contributed by atoms with E-state index < -0.39 is 0 Å². The van der Waals surface area contributed by atoms with Gasteiger partial charge in [-0.15, -0.1) is 0 Å². The minimum Gasteiger partial charge on any atom is -0.352 e. The van der Waals surface area contributed by atoms with Crippen LogP contribution in [0.15, 0.2) is 35.4 Å². The zero-order chi connectivity index (χ0) is 15.5. The smallest absolute Gasteiger partial charge is 0.248 e. The molecule has 2 N–H and O–H groups in total. The minimum absolute atomic E-state index is 0.0983. The van der Waals surface area contributed by atoms with Crippen molar-refractivity contribution in [2.75, 3.05) is 0 Å². The lowest BCUT2D eigenvalue weighted by Crippen LogP contribution is -2.30. The summed E-state index contributed by atoms with van der Waals surface area (Å²) in [4.78, 5) is 24.1. The Morgan fingerprint density at radius 3 is 2.82 bits per heavy atom. The van der Waals surface area contributed by atoms with Crippen molar-refractivity contribution >= 4 is 11.8 Å². The van der Waals surface area contributed by atoms with Crippen molar-refractivity contribution in [2.24, 2.45) is 0 Å². The van der Waals surface area contributed by atoms with E-state index in [-0.39, 0.29) is 30.1 Å². The van der Waals surface area contributed by atoms with Crippen LogP contribution in [-0.4, -0.2) is 17.9 Å². The molecular weight excluding hydrogens is 283 g/mol. The average Bonchev–Trinajstić information content (AvgIpc) is 2.83. The molecule has 0 saturated heterocycles. The normalized spacial score (nSPS) is 20.6. The topological polar surface area (TPSA) is 58.2 Å². The number of rotatable bonds is 4. The van der Waals surface area contributed by atoms with E-state index in [0.717, 1.165) is 36.8 Å². The minimum atomic E-state index is -0.298. The number of benzene rings is 1. The summed E-state index contributed by atoms with van der Waals surface area (Å²) in [7, 11) is 0. The van der Waals surface area contributed by atoms with E-state index in [1.54, 1.807) is 12.1 Å². The standard InChI is InChI=1S/C17H19FN2O2/c18-12-7-5-11(6-8-12)10-19-16(21)9-14-13-3-1-2-4-15(13)20-17(14)22/h5-8,15H,1-4,9-10H2,(H,19,21)(H,20,22). The highest BCUT2D eigenvalue weighted by Gasteiger charge is 2.33. The molecular formula is C17H19FN2O2. The fraction of sp³-hybridized carbons (Fsp3) is 0.412. The summed E-state index contributed by atoms with van der Waals surface area (Å²) in [5.41, 5.74) is 2.59. The Hall–Kier alpha value is -2.17. The number of carbonyl (C=O) groups excluding carboxylic acids is 2. The molecule has 0 aromatic heterocycles. The molecule has 1 saturated carbocycles. The van der Waals surface area contributed by atoms with Gasteiger partial charge in [0, 0.05) is 12.1 Å². The van der Waals surface area contributed by atoms with E-state index >= 15 is 0 Å². The number of amides is 2. The molecule has 2 amide bonds. The van der Waals surface area contributed by atoms with Crippen LogP contribution in [0.4, 0.5) is 4.39 Å². The third-order valence-corrected chi connectivity index (χ3v) is 4.32. The first-order chi connectivity index (χ1) is 10.6. The van der Waals surface area contributed by atoms with E-state index in [1.165, 1.54) is 12.1 Å². The Morgan fingerprint density at radius 1 is 1.27 bits per heavy atom. The quantitative estimate of drug-likeness (QED) is 0.896. The summed E-state index contributed by atoms with van der Waals surface area (Å²) in [6, 6.07) is 6.14. The van der Waals surface area contributed by atoms with Gasteiger partial charge in [0.1, 0.15) is 5.82 Å². The molecule has 4 nitrogen and oxygen atoms in total. The van der Waals surface area contributed by atoms with Crippen molar-refractivity contribution < 1.29 is 14.0 Å². The van der Waals surface area contributed by atoms with Crippen molar-refractivity contribution in [1.29, 1.82) is 0 Å². The van der Waals surface area contributed by atoms with Gasteiger partial charge in [0.05, 0.1) is 12.5 Å². The van der Waals surface area contributed by atoms with Gasteiger partial charge >= 0.3 is 0 Å². The molecule has 0 radical (unpaired) electrons. The number of nitrogens with one attached hydrogen (secondary N) is 2.